The van der Waals surface area contributed by atoms with Gasteiger partial charge in [0.2, 0.25) is 0 Å². The number of hydrogen-bond donors (Lipinski definition) is 0. The molecule has 3 heteroatoms. The Kier molecular flexibility index (Phi) is 3.92. The largest absolute Gasteiger partial charge is 0.383 e. The number of rotatable bonds is 3. The van der Waals surface area contributed by atoms with Gasteiger partial charge in [-0.25, -0.2) is 4.39 Å². The van der Waals surface area contributed by atoms with Gasteiger partial charge in [-0.05, 0) is 47.2 Å². The Morgan fingerprint density at radius 3 is 2.83 bits per heavy atom. The molecule has 4 rings (SSSR count). The zero-order valence-corrected chi connectivity index (χ0v) is 13.3. The molecule has 1 saturated heterocycles. The molecule has 0 bridgehead atoms. The highest BCUT2D eigenvalue weighted by Crippen LogP contribution is 2.49. The fourth-order valence-corrected chi connectivity index (χ4v) is 4.11. The van der Waals surface area contributed by atoms with Gasteiger partial charge >= 0.3 is 0 Å². The second-order valence-electron chi connectivity index (χ2n) is 6.42. The van der Waals surface area contributed by atoms with Crippen LogP contribution in [0.5, 0.6) is 0 Å². The molecule has 2 nitrogen and oxygen atoms in total. The van der Waals surface area contributed by atoms with Gasteiger partial charge in [-0.3, -0.25) is 4.90 Å². The number of methoxy groups -OCH3 is 1. The summed E-state index contributed by atoms with van der Waals surface area (Å²) in [7, 11) is 1.73. The molecule has 2 atom stereocenters. The summed E-state index contributed by atoms with van der Waals surface area (Å²) in [6.45, 7) is 3.80. The lowest BCUT2D eigenvalue weighted by atomic mass is 9.87. The average molecular weight is 310 g/mol. The average Bonchev–Trinajstić information content (AvgIpc) is 2.92. The van der Waals surface area contributed by atoms with Crippen LogP contribution in [0, 0.1) is 12.4 Å². The van der Waals surface area contributed by atoms with Gasteiger partial charge in [0.15, 0.2) is 0 Å². The van der Waals surface area contributed by atoms with Crippen molar-refractivity contribution < 1.29 is 9.13 Å². The predicted molar refractivity (Wildman–Crippen MR) is 88.6 cm³/mol. The first-order chi connectivity index (χ1) is 11.3. The van der Waals surface area contributed by atoms with Crippen molar-refractivity contribution in [2.24, 2.45) is 0 Å². The van der Waals surface area contributed by atoms with Gasteiger partial charge < -0.3 is 4.74 Å². The van der Waals surface area contributed by atoms with E-state index in [4.69, 9.17) is 4.74 Å². The molecule has 1 aliphatic carbocycles. The third-order valence-electron chi connectivity index (χ3n) is 5.15. The number of fused-ring (bicyclic) bond motifs is 5. The molecule has 1 heterocycles. The highest BCUT2D eigenvalue weighted by molar-refractivity contribution is 5.46. The highest BCUT2D eigenvalue weighted by Gasteiger charge is 2.40. The van der Waals surface area contributed by atoms with Crippen LogP contribution >= 0.6 is 0 Å². The number of benzene rings is 2. The van der Waals surface area contributed by atoms with Crippen LogP contribution in [0.1, 0.15) is 40.6 Å². The summed E-state index contributed by atoms with van der Waals surface area (Å²) < 4.78 is 19.2. The molecule has 2 aliphatic rings. The summed E-state index contributed by atoms with van der Waals surface area (Å²) in [6, 6.07) is 14.1. The lowest BCUT2D eigenvalue weighted by Crippen LogP contribution is -2.27. The Morgan fingerprint density at radius 1 is 1.13 bits per heavy atom. The quantitative estimate of drug-likeness (QED) is 0.847. The molecule has 0 spiro atoms. The van der Waals surface area contributed by atoms with E-state index < -0.39 is 0 Å². The summed E-state index contributed by atoms with van der Waals surface area (Å²) in [4.78, 5) is 2.34. The van der Waals surface area contributed by atoms with Gasteiger partial charge in [-0.15, -0.1) is 0 Å². The molecule has 119 valence electrons. The smallest absolute Gasteiger partial charge is 0.123 e. The number of nitrogens with zero attached hydrogens (tertiary/aromatic N) is 1. The van der Waals surface area contributed by atoms with Gasteiger partial charge in [-0.2, -0.15) is 0 Å². The van der Waals surface area contributed by atoms with Crippen molar-refractivity contribution in [2.45, 2.75) is 24.8 Å². The maximum atomic E-state index is 13.9. The predicted octanol–water partition coefficient (Wildman–Crippen LogP) is 4.07. The molecule has 2 aromatic carbocycles. The molecule has 1 radical (unpaired) electrons. The zero-order valence-electron chi connectivity index (χ0n) is 13.3. The van der Waals surface area contributed by atoms with E-state index in [1.54, 1.807) is 19.2 Å². The van der Waals surface area contributed by atoms with Crippen LogP contribution in [0.2, 0.25) is 0 Å². The first-order valence-corrected chi connectivity index (χ1v) is 8.22. The number of halogens is 1. The molecule has 1 aliphatic heterocycles. The summed E-state index contributed by atoms with van der Waals surface area (Å²) in [5.74, 6) is 0.248. The normalized spacial score (nSPS) is 23.0. The van der Waals surface area contributed by atoms with Gasteiger partial charge in [-0.1, -0.05) is 30.3 Å². The van der Waals surface area contributed by atoms with Crippen molar-refractivity contribution in [3.8, 4) is 0 Å². The minimum atomic E-state index is -0.146. The summed E-state index contributed by atoms with van der Waals surface area (Å²) in [5, 5.41) is 0. The lowest BCUT2D eigenvalue weighted by molar-refractivity contribution is 0.150. The third kappa shape index (κ3) is 2.58. The molecule has 0 N–H and O–H groups in total. The summed E-state index contributed by atoms with van der Waals surface area (Å²) >= 11 is 0. The zero-order chi connectivity index (χ0) is 15.8. The first-order valence-electron chi connectivity index (χ1n) is 8.22. The van der Waals surface area contributed by atoms with Crippen molar-refractivity contribution in [2.75, 3.05) is 20.3 Å². The van der Waals surface area contributed by atoms with E-state index in [9.17, 15) is 4.39 Å². The Morgan fingerprint density at radius 2 is 1.96 bits per heavy atom. The van der Waals surface area contributed by atoms with Crippen molar-refractivity contribution in [1.82, 2.24) is 4.90 Å². The van der Waals surface area contributed by atoms with Gasteiger partial charge in [0.05, 0.1) is 6.61 Å². The maximum Gasteiger partial charge on any atom is 0.123 e. The summed E-state index contributed by atoms with van der Waals surface area (Å²) in [5.41, 5.74) is 5.15. The monoisotopic (exact) mass is 310 g/mol. The Labute approximate surface area is 136 Å². The Hall–Kier alpha value is -1.71. The Balaban J connectivity index is 1.83. The van der Waals surface area contributed by atoms with Crippen LogP contribution in [0.15, 0.2) is 42.5 Å². The minimum Gasteiger partial charge on any atom is -0.383 e. The van der Waals surface area contributed by atoms with Gasteiger partial charge in [0.1, 0.15) is 5.82 Å². The van der Waals surface area contributed by atoms with Crippen LogP contribution in [-0.2, 0) is 11.2 Å². The maximum absolute atomic E-state index is 13.9. The third-order valence-corrected chi connectivity index (χ3v) is 5.15. The topological polar surface area (TPSA) is 12.5 Å². The molecular formula is C20H21FNO. The second kappa shape index (κ2) is 6.06. The van der Waals surface area contributed by atoms with E-state index in [2.05, 4.69) is 35.7 Å². The molecule has 1 fully saturated rings. The van der Waals surface area contributed by atoms with E-state index >= 15 is 0 Å². The van der Waals surface area contributed by atoms with Crippen LogP contribution in [0.4, 0.5) is 4.39 Å². The molecule has 0 saturated carbocycles. The van der Waals surface area contributed by atoms with Gasteiger partial charge in [0.25, 0.3) is 0 Å². The Bertz CT molecular complexity index is 715. The fraction of sp³-hybridized carbons (Fsp3) is 0.350. The SMILES string of the molecule is COCCN1[CH]C[C@@H]2c3ccccc3Cc3ccc(F)cc3[C@H]21. The standard InChI is InChI=1S/C20H21FNO/c1-23-11-10-22-9-8-18-17-5-3-2-4-14(17)12-15-6-7-16(21)13-19(15)20(18)22/h2-7,9,13,18,20H,8,10-12H2,1H3/t18-,20+/m1/s1. The van der Waals surface area contributed by atoms with Crippen LogP contribution in [-0.4, -0.2) is 25.2 Å². The molecular weight excluding hydrogens is 289 g/mol. The lowest BCUT2D eigenvalue weighted by Gasteiger charge is -2.28. The van der Waals surface area contributed by atoms with E-state index in [0.29, 0.717) is 12.5 Å². The molecule has 0 amide bonds. The number of hydrogen-bond acceptors (Lipinski definition) is 2. The fourth-order valence-electron chi connectivity index (χ4n) is 4.11. The van der Waals surface area contributed by atoms with Crippen LogP contribution in [0.3, 0.4) is 0 Å². The molecule has 2 aromatic rings. The first kappa shape index (κ1) is 14.9. The molecule has 23 heavy (non-hydrogen) atoms. The van der Waals surface area contributed by atoms with E-state index in [1.165, 1.54) is 16.7 Å². The van der Waals surface area contributed by atoms with Crippen molar-refractivity contribution >= 4 is 0 Å². The minimum absolute atomic E-state index is 0.146. The van der Waals surface area contributed by atoms with Crippen molar-refractivity contribution in [3.63, 3.8) is 0 Å². The van der Waals surface area contributed by atoms with E-state index in [-0.39, 0.29) is 11.9 Å². The van der Waals surface area contributed by atoms with Crippen molar-refractivity contribution in [3.05, 3.63) is 77.1 Å². The van der Waals surface area contributed by atoms with Crippen LogP contribution < -0.4 is 0 Å². The van der Waals surface area contributed by atoms with Crippen LogP contribution in [0.25, 0.3) is 0 Å². The second-order valence-corrected chi connectivity index (χ2v) is 6.42. The molecule has 0 unspecified atom stereocenters. The number of ether oxygens (including phenoxy) is 1. The molecule has 0 aromatic heterocycles. The van der Waals surface area contributed by atoms with E-state index in [0.717, 1.165) is 24.9 Å². The summed E-state index contributed by atoms with van der Waals surface area (Å²) in [6.07, 6.45) is 1.89. The highest BCUT2D eigenvalue weighted by atomic mass is 19.1. The van der Waals surface area contributed by atoms with Crippen molar-refractivity contribution in [1.29, 1.82) is 0 Å². The number of likely N-dealkylation sites (tertiary alicyclic amines) is 1. The van der Waals surface area contributed by atoms with Gasteiger partial charge in [0, 0.05) is 32.2 Å². The van der Waals surface area contributed by atoms with E-state index in [1.807, 2.05) is 6.07 Å².